The van der Waals surface area contributed by atoms with Crippen molar-refractivity contribution in [1.82, 2.24) is 0 Å². The highest BCUT2D eigenvalue weighted by Crippen LogP contribution is 2.22. The first-order chi connectivity index (χ1) is 11.7. The highest BCUT2D eigenvalue weighted by Gasteiger charge is 2.12. The van der Waals surface area contributed by atoms with Gasteiger partial charge in [0.25, 0.3) is 0 Å². The minimum atomic E-state index is -0.692. The molecule has 0 spiro atoms. The summed E-state index contributed by atoms with van der Waals surface area (Å²) >= 11 is 0. The summed E-state index contributed by atoms with van der Waals surface area (Å²) in [5.41, 5.74) is 0.683. The maximum Gasteiger partial charge on any atom is 0.341 e. The van der Waals surface area contributed by atoms with Crippen LogP contribution < -0.4 is 4.74 Å². The Morgan fingerprint density at radius 3 is 2.33 bits per heavy atom. The molecule has 0 saturated carbocycles. The standard InChI is InChI=1S/C20H15FO3/c21-19-12-5-4-11-18(19)20(22)23-14-15-7-6-10-17(13-15)24-16-8-2-1-3-9-16/h1-13H,14H2. The van der Waals surface area contributed by atoms with E-state index in [2.05, 4.69) is 0 Å². The fourth-order valence-corrected chi connectivity index (χ4v) is 2.18. The molecular weight excluding hydrogens is 307 g/mol. The van der Waals surface area contributed by atoms with Crippen LogP contribution in [-0.4, -0.2) is 5.97 Å². The molecule has 0 radical (unpaired) electrons. The predicted molar refractivity (Wildman–Crippen MR) is 88.5 cm³/mol. The van der Waals surface area contributed by atoms with Gasteiger partial charge in [0.15, 0.2) is 0 Å². The minimum absolute atomic E-state index is 0.0408. The molecule has 120 valence electrons. The van der Waals surface area contributed by atoms with Crippen LogP contribution in [0.2, 0.25) is 0 Å². The van der Waals surface area contributed by atoms with Gasteiger partial charge in [0.05, 0.1) is 5.56 Å². The second-order valence-electron chi connectivity index (χ2n) is 5.12. The molecule has 24 heavy (non-hydrogen) atoms. The van der Waals surface area contributed by atoms with Gasteiger partial charge in [0.1, 0.15) is 23.9 Å². The Morgan fingerprint density at radius 2 is 1.54 bits per heavy atom. The van der Waals surface area contributed by atoms with Crippen molar-refractivity contribution in [2.24, 2.45) is 0 Å². The average Bonchev–Trinajstić information content (AvgIpc) is 2.61. The van der Waals surface area contributed by atoms with E-state index in [-0.39, 0.29) is 12.2 Å². The van der Waals surface area contributed by atoms with Crippen molar-refractivity contribution in [3.05, 3.63) is 95.8 Å². The fraction of sp³-hybridized carbons (Fsp3) is 0.0500. The summed E-state index contributed by atoms with van der Waals surface area (Å²) < 4.78 is 24.4. The summed E-state index contributed by atoms with van der Waals surface area (Å²) in [7, 11) is 0. The molecule has 0 aromatic heterocycles. The van der Waals surface area contributed by atoms with Gasteiger partial charge in [-0.2, -0.15) is 0 Å². The maximum absolute atomic E-state index is 13.6. The van der Waals surface area contributed by atoms with Gasteiger partial charge in [0.2, 0.25) is 0 Å². The number of esters is 1. The van der Waals surface area contributed by atoms with Crippen LogP contribution in [-0.2, 0) is 11.3 Å². The zero-order valence-corrected chi connectivity index (χ0v) is 12.8. The number of carbonyl (C=O) groups excluding carboxylic acids is 1. The third-order valence-corrected chi connectivity index (χ3v) is 3.34. The van der Waals surface area contributed by atoms with Gasteiger partial charge in [-0.05, 0) is 42.0 Å². The highest BCUT2D eigenvalue weighted by molar-refractivity contribution is 5.89. The van der Waals surface area contributed by atoms with Crippen LogP contribution in [0.5, 0.6) is 11.5 Å². The molecule has 0 amide bonds. The van der Waals surface area contributed by atoms with E-state index in [9.17, 15) is 9.18 Å². The van der Waals surface area contributed by atoms with Gasteiger partial charge in [-0.25, -0.2) is 9.18 Å². The van der Waals surface area contributed by atoms with Gasteiger partial charge in [0, 0.05) is 0 Å². The van der Waals surface area contributed by atoms with Crippen LogP contribution in [0.25, 0.3) is 0 Å². The number of halogens is 1. The maximum atomic E-state index is 13.6. The molecule has 0 N–H and O–H groups in total. The number of carbonyl (C=O) groups is 1. The van der Waals surface area contributed by atoms with Crippen LogP contribution in [0, 0.1) is 5.82 Å². The molecule has 0 unspecified atom stereocenters. The predicted octanol–water partition coefficient (Wildman–Crippen LogP) is 4.98. The van der Waals surface area contributed by atoms with E-state index >= 15 is 0 Å². The van der Waals surface area contributed by atoms with Crippen molar-refractivity contribution in [1.29, 1.82) is 0 Å². The molecule has 3 nitrogen and oxygen atoms in total. The van der Waals surface area contributed by atoms with Crippen molar-refractivity contribution >= 4 is 5.97 Å². The lowest BCUT2D eigenvalue weighted by Gasteiger charge is -2.09. The van der Waals surface area contributed by atoms with Crippen LogP contribution in [0.15, 0.2) is 78.9 Å². The molecular formula is C20H15FO3. The van der Waals surface area contributed by atoms with Gasteiger partial charge in [-0.1, -0.05) is 42.5 Å². The summed E-state index contributed by atoms with van der Waals surface area (Å²) in [6.45, 7) is 0.0408. The Bertz CT molecular complexity index is 831. The van der Waals surface area contributed by atoms with E-state index in [1.807, 2.05) is 48.5 Å². The van der Waals surface area contributed by atoms with Gasteiger partial charge >= 0.3 is 5.97 Å². The molecule has 0 aliphatic carbocycles. The monoisotopic (exact) mass is 322 g/mol. The van der Waals surface area contributed by atoms with Crippen molar-refractivity contribution < 1.29 is 18.7 Å². The average molecular weight is 322 g/mol. The van der Waals surface area contributed by atoms with Crippen molar-refractivity contribution in [3.63, 3.8) is 0 Å². The number of benzene rings is 3. The fourth-order valence-electron chi connectivity index (χ4n) is 2.18. The molecule has 4 heteroatoms. The largest absolute Gasteiger partial charge is 0.457 e. The smallest absolute Gasteiger partial charge is 0.341 e. The molecule has 0 aliphatic rings. The first-order valence-corrected chi connectivity index (χ1v) is 7.46. The molecule has 0 heterocycles. The molecule has 3 rings (SSSR count). The number of para-hydroxylation sites is 1. The number of ether oxygens (including phenoxy) is 2. The molecule has 3 aromatic carbocycles. The molecule has 3 aromatic rings. The number of rotatable bonds is 5. The lowest BCUT2D eigenvalue weighted by molar-refractivity contribution is 0.0467. The van der Waals surface area contributed by atoms with E-state index in [1.54, 1.807) is 12.1 Å². The van der Waals surface area contributed by atoms with E-state index in [4.69, 9.17) is 9.47 Å². The first-order valence-electron chi connectivity index (χ1n) is 7.46. The summed E-state index contributed by atoms with van der Waals surface area (Å²) in [6, 6.07) is 22.3. The summed E-state index contributed by atoms with van der Waals surface area (Å²) in [4.78, 5) is 11.9. The van der Waals surface area contributed by atoms with E-state index in [0.717, 1.165) is 11.3 Å². The van der Waals surface area contributed by atoms with E-state index in [0.29, 0.717) is 5.75 Å². The van der Waals surface area contributed by atoms with Crippen LogP contribution >= 0.6 is 0 Å². The molecule has 0 fully saturated rings. The first kappa shape index (κ1) is 15.7. The Labute approximate surface area is 139 Å². The third-order valence-electron chi connectivity index (χ3n) is 3.34. The second-order valence-corrected chi connectivity index (χ2v) is 5.12. The number of hydrogen-bond donors (Lipinski definition) is 0. The second kappa shape index (κ2) is 7.42. The van der Waals surface area contributed by atoms with Crippen LogP contribution in [0.3, 0.4) is 0 Å². The topological polar surface area (TPSA) is 35.5 Å². The number of hydrogen-bond acceptors (Lipinski definition) is 3. The quantitative estimate of drug-likeness (QED) is 0.622. The Hall–Kier alpha value is -3.14. The SMILES string of the molecule is O=C(OCc1cccc(Oc2ccccc2)c1)c1ccccc1F. The van der Waals surface area contributed by atoms with Gasteiger partial charge in [-0.3, -0.25) is 0 Å². The van der Waals surface area contributed by atoms with Crippen molar-refractivity contribution in [2.75, 3.05) is 0 Å². The van der Waals surface area contributed by atoms with Gasteiger partial charge in [-0.15, -0.1) is 0 Å². The molecule has 0 saturated heterocycles. The Kier molecular flexibility index (Phi) is 4.87. The normalized spacial score (nSPS) is 10.2. The van der Waals surface area contributed by atoms with E-state index in [1.165, 1.54) is 18.2 Å². The summed E-state index contributed by atoms with van der Waals surface area (Å²) in [5, 5.41) is 0. The zero-order valence-electron chi connectivity index (χ0n) is 12.8. The Balaban J connectivity index is 1.65. The van der Waals surface area contributed by atoms with E-state index < -0.39 is 11.8 Å². The zero-order chi connectivity index (χ0) is 16.8. The summed E-state index contributed by atoms with van der Waals surface area (Å²) in [6.07, 6.45) is 0. The molecule has 0 bridgehead atoms. The van der Waals surface area contributed by atoms with Crippen molar-refractivity contribution in [3.8, 4) is 11.5 Å². The third kappa shape index (κ3) is 3.98. The highest BCUT2D eigenvalue weighted by atomic mass is 19.1. The molecule has 0 aliphatic heterocycles. The van der Waals surface area contributed by atoms with Crippen LogP contribution in [0.1, 0.15) is 15.9 Å². The van der Waals surface area contributed by atoms with Crippen molar-refractivity contribution in [2.45, 2.75) is 6.61 Å². The minimum Gasteiger partial charge on any atom is -0.457 e. The lowest BCUT2D eigenvalue weighted by Crippen LogP contribution is -2.07. The van der Waals surface area contributed by atoms with Crippen LogP contribution in [0.4, 0.5) is 4.39 Å². The summed E-state index contributed by atoms with van der Waals surface area (Å²) in [5.74, 6) is 0.0739. The Morgan fingerprint density at radius 1 is 0.833 bits per heavy atom. The van der Waals surface area contributed by atoms with Gasteiger partial charge < -0.3 is 9.47 Å². The molecule has 0 atom stereocenters. The lowest BCUT2D eigenvalue weighted by atomic mass is 10.2.